The van der Waals surface area contributed by atoms with Crippen LogP contribution in [0.15, 0.2) is 28.9 Å². The van der Waals surface area contributed by atoms with Crippen LogP contribution in [0, 0.1) is 0 Å². The molecule has 0 saturated carbocycles. The summed E-state index contributed by atoms with van der Waals surface area (Å²) in [7, 11) is 0. The highest BCUT2D eigenvalue weighted by molar-refractivity contribution is 9.10. The summed E-state index contributed by atoms with van der Waals surface area (Å²) in [5.41, 5.74) is 5.75. The van der Waals surface area contributed by atoms with Crippen LogP contribution in [0.1, 0.15) is 0 Å². The van der Waals surface area contributed by atoms with E-state index in [4.69, 9.17) is 5.73 Å². The number of nitrogens with zero attached hydrogens (tertiary/aromatic N) is 1. The highest BCUT2D eigenvalue weighted by Gasteiger charge is 2.32. The van der Waals surface area contributed by atoms with E-state index in [1.54, 1.807) is 6.07 Å². The lowest BCUT2D eigenvalue weighted by Crippen LogP contribution is -2.17. The summed E-state index contributed by atoms with van der Waals surface area (Å²) in [4.78, 5) is 4.31. The Morgan fingerprint density at radius 2 is 2.06 bits per heavy atom. The van der Waals surface area contributed by atoms with Crippen LogP contribution in [0.3, 0.4) is 0 Å². The first-order chi connectivity index (χ1) is 8.37. The topological polar surface area (TPSA) is 48.1 Å². The van der Waals surface area contributed by atoms with Gasteiger partial charge in [0.2, 0.25) is 0 Å². The maximum absolute atomic E-state index is 12.3. The smallest absolute Gasteiger partial charge is 0.405 e. The van der Waals surface area contributed by atoms with Gasteiger partial charge in [0.1, 0.15) is 5.75 Å². The van der Waals surface area contributed by atoms with Crippen molar-refractivity contribution in [3.05, 3.63) is 28.9 Å². The van der Waals surface area contributed by atoms with Crippen LogP contribution in [0.25, 0.3) is 10.4 Å². The van der Waals surface area contributed by atoms with Crippen LogP contribution < -0.4 is 10.5 Å². The summed E-state index contributed by atoms with van der Waals surface area (Å²) < 4.78 is 41.4. The number of ether oxygens (including phenoxy) is 1. The van der Waals surface area contributed by atoms with Gasteiger partial charge >= 0.3 is 6.36 Å². The zero-order valence-corrected chi connectivity index (χ0v) is 11.1. The standard InChI is InChI=1S/C10H6BrF3N2OS/c11-5-2-1-3-6(17-10(12,13)14)8(5)7-4-16-9(15)18-7/h1-4H,(H2,15,16). The largest absolute Gasteiger partial charge is 0.573 e. The predicted molar refractivity (Wildman–Crippen MR) is 66.3 cm³/mol. The molecule has 96 valence electrons. The molecule has 0 aliphatic heterocycles. The summed E-state index contributed by atoms with van der Waals surface area (Å²) in [6, 6.07) is 4.32. The molecule has 1 aromatic carbocycles. The second-order valence-corrected chi connectivity index (χ2v) is 5.14. The van der Waals surface area contributed by atoms with E-state index in [1.165, 1.54) is 18.3 Å². The van der Waals surface area contributed by atoms with Gasteiger partial charge in [0.25, 0.3) is 0 Å². The molecule has 8 heteroatoms. The van der Waals surface area contributed by atoms with E-state index in [2.05, 4.69) is 25.7 Å². The molecule has 0 atom stereocenters. The third-order valence-corrected chi connectivity index (χ3v) is 3.48. The fourth-order valence-electron chi connectivity index (χ4n) is 1.36. The molecule has 0 radical (unpaired) electrons. The van der Waals surface area contributed by atoms with Crippen molar-refractivity contribution >= 4 is 32.4 Å². The number of alkyl halides is 3. The Bertz CT molecular complexity index is 570. The molecular formula is C10H6BrF3N2OS. The van der Waals surface area contributed by atoms with Crippen LogP contribution in [0.5, 0.6) is 5.75 Å². The minimum atomic E-state index is -4.74. The van der Waals surface area contributed by atoms with Gasteiger partial charge in [-0.3, -0.25) is 0 Å². The van der Waals surface area contributed by atoms with E-state index in [9.17, 15) is 13.2 Å². The summed E-state index contributed by atoms with van der Waals surface area (Å²) >= 11 is 4.28. The summed E-state index contributed by atoms with van der Waals surface area (Å²) in [6.07, 6.45) is -3.34. The summed E-state index contributed by atoms with van der Waals surface area (Å²) in [6.45, 7) is 0. The van der Waals surface area contributed by atoms with Gasteiger partial charge in [-0.2, -0.15) is 0 Å². The van der Waals surface area contributed by atoms with Gasteiger partial charge in [-0.1, -0.05) is 17.4 Å². The fraction of sp³-hybridized carbons (Fsp3) is 0.100. The average molecular weight is 339 g/mol. The van der Waals surface area contributed by atoms with Crippen molar-refractivity contribution in [1.29, 1.82) is 0 Å². The zero-order valence-electron chi connectivity index (χ0n) is 8.66. The molecule has 0 bridgehead atoms. The number of anilines is 1. The van der Waals surface area contributed by atoms with Crippen molar-refractivity contribution in [2.24, 2.45) is 0 Å². The number of hydrogen-bond donors (Lipinski definition) is 1. The maximum atomic E-state index is 12.3. The minimum absolute atomic E-state index is 0.277. The molecule has 0 unspecified atom stereocenters. The first-order valence-electron chi connectivity index (χ1n) is 4.63. The highest BCUT2D eigenvalue weighted by atomic mass is 79.9. The Morgan fingerprint density at radius 3 is 2.61 bits per heavy atom. The van der Waals surface area contributed by atoms with Gasteiger partial charge in [0, 0.05) is 10.7 Å². The molecule has 0 fully saturated rings. The number of halogens is 4. The molecule has 3 nitrogen and oxygen atoms in total. The number of hydrogen-bond acceptors (Lipinski definition) is 4. The van der Waals surface area contributed by atoms with E-state index in [-0.39, 0.29) is 16.4 Å². The molecule has 2 aromatic rings. The summed E-state index contributed by atoms with van der Waals surface area (Å²) in [5.74, 6) is -0.291. The Balaban J connectivity index is 2.51. The Hall–Kier alpha value is -1.28. The molecule has 0 saturated heterocycles. The molecule has 0 amide bonds. The highest BCUT2D eigenvalue weighted by Crippen LogP contribution is 2.41. The van der Waals surface area contributed by atoms with Crippen molar-refractivity contribution in [3.8, 4) is 16.2 Å². The van der Waals surface area contributed by atoms with Crippen LogP contribution in [0.2, 0.25) is 0 Å². The molecule has 0 aliphatic carbocycles. The first-order valence-corrected chi connectivity index (χ1v) is 6.24. The lowest BCUT2D eigenvalue weighted by atomic mass is 10.2. The van der Waals surface area contributed by atoms with Crippen LogP contribution in [0.4, 0.5) is 18.3 Å². The molecule has 1 aromatic heterocycles. The Kier molecular flexibility index (Phi) is 3.49. The van der Waals surface area contributed by atoms with Crippen LogP contribution >= 0.6 is 27.3 Å². The predicted octanol–water partition coefficient (Wildman–Crippen LogP) is 4.05. The number of nitrogens with two attached hydrogens (primary N) is 1. The second kappa shape index (κ2) is 4.77. The SMILES string of the molecule is Nc1ncc(-c2c(Br)cccc2OC(F)(F)F)s1. The van der Waals surface area contributed by atoms with Gasteiger partial charge in [-0.15, -0.1) is 13.2 Å². The normalized spacial score (nSPS) is 11.6. The molecule has 2 rings (SSSR count). The quantitative estimate of drug-likeness (QED) is 0.898. The van der Waals surface area contributed by atoms with Crippen LogP contribution in [-0.2, 0) is 0 Å². The van der Waals surface area contributed by atoms with Gasteiger partial charge < -0.3 is 10.5 Å². The number of thiazole rings is 1. The lowest BCUT2D eigenvalue weighted by Gasteiger charge is -2.13. The zero-order chi connectivity index (χ0) is 13.3. The van der Waals surface area contributed by atoms with Crippen LogP contribution in [-0.4, -0.2) is 11.3 Å². The molecule has 0 spiro atoms. The van der Waals surface area contributed by atoms with Crippen molar-refractivity contribution in [1.82, 2.24) is 4.98 Å². The molecule has 0 aliphatic rings. The molecule has 18 heavy (non-hydrogen) atoms. The number of rotatable bonds is 2. The second-order valence-electron chi connectivity index (χ2n) is 3.22. The van der Waals surface area contributed by atoms with Gasteiger partial charge in [-0.05, 0) is 28.1 Å². The maximum Gasteiger partial charge on any atom is 0.573 e. The molecule has 1 heterocycles. The lowest BCUT2D eigenvalue weighted by molar-refractivity contribution is -0.274. The Labute approximate surface area is 113 Å². The number of aromatic nitrogens is 1. The first kappa shape index (κ1) is 13.2. The van der Waals surface area contributed by atoms with Gasteiger partial charge in [0.15, 0.2) is 5.13 Å². The van der Waals surface area contributed by atoms with Crippen molar-refractivity contribution < 1.29 is 17.9 Å². The molecule has 2 N–H and O–H groups in total. The van der Waals surface area contributed by atoms with Crippen molar-refractivity contribution in [3.63, 3.8) is 0 Å². The van der Waals surface area contributed by atoms with Crippen molar-refractivity contribution in [2.45, 2.75) is 6.36 Å². The Morgan fingerprint density at radius 1 is 1.33 bits per heavy atom. The van der Waals surface area contributed by atoms with Gasteiger partial charge in [-0.25, -0.2) is 4.98 Å². The third-order valence-electron chi connectivity index (χ3n) is 1.97. The minimum Gasteiger partial charge on any atom is -0.405 e. The fourth-order valence-corrected chi connectivity index (χ4v) is 2.80. The average Bonchev–Trinajstić information content (AvgIpc) is 2.62. The van der Waals surface area contributed by atoms with E-state index in [0.29, 0.717) is 9.35 Å². The molecular weight excluding hydrogens is 333 g/mol. The summed E-state index contributed by atoms with van der Waals surface area (Å²) in [5, 5.41) is 0.277. The van der Waals surface area contributed by atoms with Gasteiger partial charge in [0.05, 0.1) is 10.4 Å². The van der Waals surface area contributed by atoms with E-state index in [1.807, 2.05) is 0 Å². The monoisotopic (exact) mass is 338 g/mol. The van der Waals surface area contributed by atoms with Crippen molar-refractivity contribution in [2.75, 3.05) is 5.73 Å². The number of nitrogen functional groups attached to an aromatic ring is 1. The third kappa shape index (κ3) is 2.94. The van der Waals surface area contributed by atoms with E-state index in [0.717, 1.165) is 11.3 Å². The van der Waals surface area contributed by atoms with E-state index < -0.39 is 6.36 Å². The van der Waals surface area contributed by atoms with E-state index >= 15 is 0 Å². The number of benzene rings is 1.